The van der Waals surface area contributed by atoms with Gasteiger partial charge in [0.1, 0.15) is 10.6 Å². The van der Waals surface area contributed by atoms with Crippen LogP contribution in [0.25, 0.3) is 0 Å². The number of aryl methyl sites for hydroxylation is 1. The standard InChI is InChI=1S/C20H23Cl2N5O4S/c1-4-23-12(28)5-11-17(19(30)31-3)32-20(25-11)27-6-9-10(7-27)15(9)26-18(29)16-14(22)13(21)8(2)24-16/h9-10,15,24H,4-7H2,1-3H3,(H,23,28)(H,26,29)/t9-,10+,15-. The Morgan fingerprint density at radius 1 is 1.25 bits per heavy atom. The molecule has 0 spiro atoms. The number of aromatic amines is 1. The van der Waals surface area contributed by atoms with Crippen LogP contribution < -0.4 is 15.5 Å². The number of aromatic nitrogens is 2. The first-order chi connectivity index (χ1) is 15.2. The summed E-state index contributed by atoms with van der Waals surface area (Å²) < 4.78 is 4.86. The predicted octanol–water partition coefficient (Wildman–Crippen LogP) is 2.42. The molecule has 2 amide bonds. The second-order valence-electron chi connectivity index (χ2n) is 7.88. The van der Waals surface area contributed by atoms with Crippen LogP contribution in [0, 0.1) is 18.8 Å². The number of amides is 2. The fourth-order valence-corrected chi connectivity index (χ4v) is 5.54. The molecule has 2 aliphatic rings. The van der Waals surface area contributed by atoms with Gasteiger partial charge < -0.3 is 25.3 Å². The van der Waals surface area contributed by atoms with Crippen molar-refractivity contribution < 1.29 is 19.1 Å². The number of methoxy groups -OCH3 is 1. The van der Waals surface area contributed by atoms with Gasteiger partial charge in [-0.3, -0.25) is 9.59 Å². The van der Waals surface area contributed by atoms with E-state index in [9.17, 15) is 14.4 Å². The van der Waals surface area contributed by atoms with Crippen LogP contribution in [0.3, 0.4) is 0 Å². The summed E-state index contributed by atoms with van der Waals surface area (Å²) in [4.78, 5) is 46.6. The summed E-state index contributed by atoms with van der Waals surface area (Å²) in [5.41, 5.74) is 1.34. The molecule has 2 aromatic rings. The Balaban J connectivity index is 1.40. The Morgan fingerprint density at radius 2 is 1.94 bits per heavy atom. The molecule has 4 rings (SSSR count). The molecular formula is C20H23Cl2N5O4S. The lowest BCUT2D eigenvalue weighted by Crippen LogP contribution is -2.35. The number of thiazole rings is 1. The molecule has 3 atom stereocenters. The summed E-state index contributed by atoms with van der Waals surface area (Å²) in [6, 6.07) is 0.0482. The molecule has 2 aromatic heterocycles. The van der Waals surface area contributed by atoms with E-state index < -0.39 is 5.97 Å². The number of likely N-dealkylation sites (N-methyl/N-ethyl adjacent to an activating group) is 1. The summed E-state index contributed by atoms with van der Waals surface area (Å²) in [5, 5.41) is 7.00. The summed E-state index contributed by atoms with van der Waals surface area (Å²) in [6.45, 7) is 5.49. The molecule has 1 aliphatic heterocycles. The van der Waals surface area contributed by atoms with E-state index in [-0.39, 0.29) is 46.8 Å². The number of hydrogen-bond acceptors (Lipinski definition) is 7. The van der Waals surface area contributed by atoms with Crippen molar-refractivity contribution in [1.82, 2.24) is 20.6 Å². The van der Waals surface area contributed by atoms with Gasteiger partial charge in [0, 0.05) is 43.2 Å². The number of hydrogen-bond donors (Lipinski definition) is 3. The van der Waals surface area contributed by atoms with Gasteiger partial charge in [-0.2, -0.15) is 0 Å². The van der Waals surface area contributed by atoms with E-state index in [1.54, 1.807) is 6.92 Å². The van der Waals surface area contributed by atoms with Crippen molar-refractivity contribution in [2.24, 2.45) is 11.8 Å². The number of piperidine rings is 1. The minimum absolute atomic E-state index is 0.0209. The zero-order valence-corrected chi connectivity index (χ0v) is 20.1. The predicted molar refractivity (Wildman–Crippen MR) is 122 cm³/mol. The highest BCUT2D eigenvalue weighted by atomic mass is 35.5. The third-order valence-electron chi connectivity index (χ3n) is 5.80. The Hall–Kier alpha value is -2.30. The largest absolute Gasteiger partial charge is 0.465 e. The number of nitrogens with zero attached hydrogens (tertiary/aromatic N) is 2. The summed E-state index contributed by atoms with van der Waals surface area (Å²) in [6.07, 6.45) is 0.0209. The monoisotopic (exact) mass is 499 g/mol. The number of fused-ring (bicyclic) bond motifs is 1. The molecule has 1 aliphatic carbocycles. The van der Waals surface area contributed by atoms with Crippen molar-refractivity contribution in [1.29, 1.82) is 0 Å². The molecular weight excluding hydrogens is 477 g/mol. The summed E-state index contributed by atoms with van der Waals surface area (Å²) in [5.74, 6) is -0.412. The van der Waals surface area contributed by atoms with Gasteiger partial charge in [-0.1, -0.05) is 34.5 Å². The summed E-state index contributed by atoms with van der Waals surface area (Å²) >= 11 is 13.4. The number of H-pyrrole nitrogens is 1. The lowest BCUT2D eigenvalue weighted by molar-refractivity contribution is -0.120. The van der Waals surface area contributed by atoms with Crippen LogP contribution in [-0.4, -0.2) is 60.5 Å². The maximum atomic E-state index is 12.6. The molecule has 1 saturated heterocycles. The van der Waals surface area contributed by atoms with Gasteiger partial charge in [0.05, 0.1) is 29.3 Å². The van der Waals surface area contributed by atoms with Gasteiger partial charge in [0.25, 0.3) is 5.91 Å². The lowest BCUT2D eigenvalue weighted by Gasteiger charge is -2.19. The minimum Gasteiger partial charge on any atom is -0.465 e. The average molecular weight is 500 g/mol. The SMILES string of the molecule is CCNC(=O)Cc1nc(N2C[C@@H]3[C@H](C2)[C@@H]3NC(=O)c2[nH]c(C)c(Cl)c2Cl)sc1C(=O)OC. The third kappa shape index (κ3) is 4.18. The number of carbonyl (C=O) groups is 3. The van der Waals surface area contributed by atoms with Crippen molar-refractivity contribution in [2.45, 2.75) is 26.3 Å². The minimum atomic E-state index is -0.501. The van der Waals surface area contributed by atoms with E-state index in [2.05, 4.69) is 25.5 Å². The van der Waals surface area contributed by atoms with Crippen LogP contribution in [-0.2, 0) is 16.0 Å². The highest BCUT2D eigenvalue weighted by Gasteiger charge is 2.57. The van der Waals surface area contributed by atoms with Gasteiger partial charge >= 0.3 is 5.97 Å². The van der Waals surface area contributed by atoms with Crippen molar-refractivity contribution in [2.75, 3.05) is 31.6 Å². The van der Waals surface area contributed by atoms with Crippen LogP contribution >= 0.6 is 34.5 Å². The highest BCUT2D eigenvalue weighted by Crippen LogP contribution is 2.48. The smallest absolute Gasteiger partial charge is 0.350 e. The first-order valence-corrected chi connectivity index (χ1v) is 11.8. The van der Waals surface area contributed by atoms with E-state index in [1.165, 1.54) is 18.4 Å². The van der Waals surface area contributed by atoms with Gasteiger partial charge in [-0.15, -0.1) is 0 Å². The van der Waals surface area contributed by atoms with E-state index in [4.69, 9.17) is 27.9 Å². The fraction of sp³-hybridized carbons (Fsp3) is 0.500. The number of halogens is 2. The van der Waals surface area contributed by atoms with E-state index >= 15 is 0 Å². The van der Waals surface area contributed by atoms with E-state index in [0.717, 1.165) is 0 Å². The van der Waals surface area contributed by atoms with Crippen LogP contribution in [0.1, 0.15) is 38.5 Å². The molecule has 32 heavy (non-hydrogen) atoms. The molecule has 2 fully saturated rings. The Labute approximate surface area is 198 Å². The molecule has 9 nitrogen and oxygen atoms in total. The first-order valence-electron chi connectivity index (χ1n) is 10.2. The molecule has 0 aromatic carbocycles. The molecule has 172 valence electrons. The fourth-order valence-electron chi connectivity index (χ4n) is 4.11. The van der Waals surface area contributed by atoms with E-state index in [0.29, 0.717) is 46.1 Å². The summed E-state index contributed by atoms with van der Waals surface area (Å²) in [7, 11) is 1.31. The molecule has 3 heterocycles. The number of ether oxygens (including phenoxy) is 1. The van der Waals surface area contributed by atoms with Crippen molar-refractivity contribution in [3.8, 4) is 0 Å². The average Bonchev–Trinajstić information content (AvgIpc) is 3.13. The second-order valence-corrected chi connectivity index (χ2v) is 9.61. The molecule has 12 heteroatoms. The second kappa shape index (κ2) is 8.92. The Kier molecular flexibility index (Phi) is 6.37. The Morgan fingerprint density at radius 3 is 2.50 bits per heavy atom. The van der Waals surface area contributed by atoms with Gasteiger partial charge in [0.15, 0.2) is 5.13 Å². The number of anilines is 1. The van der Waals surface area contributed by atoms with Gasteiger partial charge in [0.2, 0.25) is 5.91 Å². The van der Waals surface area contributed by atoms with E-state index in [1.807, 2.05) is 6.92 Å². The zero-order chi connectivity index (χ0) is 23.2. The topological polar surface area (TPSA) is 116 Å². The third-order valence-corrected chi connectivity index (χ3v) is 7.89. The van der Waals surface area contributed by atoms with Crippen molar-refractivity contribution >= 4 is 57.5 Å². The maximum absolute atomic E-state index is 12.6. The first kappa shape index (κ1) is 22.9. The molecule has 0 radical (unpaired) electrons. The van der Waals surface area contributed by atoms with Gasteiger partial charge in [-0.25, -0.2) is 9.78 Å². The maximum Gasteiger partial charge on any atom is 0.350 e. The molecule has 3 N–H and O–H groups in total. The number of nitrogens with one attached hydrogen (secondary N) is 3. The van der Waals surface area contributed by atoms with Crippen LogP contribution in [0.2, 0.25) is 10.0 Å². The van der Waals surface area contributed by atoms with Crippen LogP contribution in [0.5, 0.6) is 0 Å². The number of rotatable bonds is 7. The molecule has 1 saturated carbocycles. The molecule has 0 bridgehead atoms. The van der Waals surface area contributed by atoms with Crippen LogP contribution in [0.4, 0.5) is 5.13 Å². The lowest BCUT2D eigenvalue weighted by atomic mass is 10.2. The zero-order valence-electron chi connectivity index (χ0n) is 17.8. The number of esters is 1. The van der Waals surface area contributed by atoms with Crippen LogP contribution in [0.15, 0.2) is 0 Å². The van der Waals surface area contributed by atoms with Crippen molar-refractivity contribution in [3.05, 3.63) is 32.0 Å². The van der Waals surface area contributed by atoms with Gasteiger partial charge in [-0.05, 0) is 13.8 Å². The van der Waals surface area contributed by atoms with Crippen molar-refractivity contribution in [3.63, 3.8) is 0 Å². The Bertz CT molecular complexity index is 1070. The normalized spacial score (nSPS) is 21.3. The highest BCUT2D eigenvalue weighted by molar-refractivity contribution is 7.17. The number of carbonyl (C=O) groups excluding carboxylic acids is 3. The molecule has 0 unspecified atom stereocenters. The quantitative estimate of drug-likeness (QED) is 0.503.